The van der Waals surface area contributed by atoms with Crippen molar-refractivity contribution >= 4 is 17.7 Å². The molecule has 6 heteroatoms. The van der Waals surface area contributed by atoms with Crippen molar-refractivity contribution in [2.24, 2.45) is 0 Å². The topological polar surface area (TPSA) is 72.4 Å². The van der Waals surface area contributed by atoms with Gasteiger partial charge < -0.3 is 19.9 Å². The fraction of sp³-hybridized carbons (Fsp3) is 0.250. The number of ether oxygens (including phenoxy) is 1. The van der Waals surface area contributed by atoms with Crippen LogP contribution in [0.25, 0.3) is 5.69 Å². The van der Waals surface area contributed by atoms with Crippen molar-refractivity contribution in [3.05, 3.63) is 82.7 Å². The van der Waals surface area contributed by atoms with Gasteiger partial charge in [-0.15, -0.1) is 0 Å². The summed E-state index contributed by atoms with van der Waals surface area (Å²) >= 11 is 0. The zero-order valence-electron chi connectivity index (χ0n) is 17.8. The van der Waals surface area contributed by atoms with E-state index in [4.69, 9.17) is 4.74 Å². The van der Waals surface area contributed by atoms with Crippen molar-refractivity contribution in [3.63, 3.8) is 0 Å². The minimum absolute atomic E-state index is 0.274. The molecule has 1 aromatic heterocycles. The largest absolute Gasteiger partial charge is 0.462 e. The second-order valence-corrected chi connectivity index (χ2v) is 7.14. The highest BCUT2D eigenvalue weighted by molar-refractivity contribution is 6.00. The van der Waals surface area contributed by atoms with Gasteiger partial charge in [-0.1, -0.05) is 24.3 Å². The van der Waals surface area contributed by atoms with Gasteiger partial charge in [0.2, 0.25) is 0 Å². The monoisotopic (exact) mass is 405 g/mol. The molecule has 2 aromatic carbocycles. The van der Waals surface area contributed by atoms with Gasteiger partial charge in [0, 0.05) is 23.6 Å². The van der Waals surface area contributed by atoms with Gasteiger partial charge >= 0.3 is 12.0 Å². The molecule has 0 saturated carbocycles. The minimum Gasteiger partial charge on any atom is -0.462 e. The van der Waals surface area contributed by atoms with E-state index in [0.717, 1.165) is 22.6 Å². The first-order chi connectivity index (χ1) is 14.4. The summed E-state index contributed by atoms with van der Waals surface area (Å²) in [7, 11) is 0. The average Bonchev–Trinajstić information content (AvgIpc) is 3.00. The Morgan fingerprint density at radius 3 is 2.50 bits per heavy atom. The van der Waals surface area contributed by atoms with E-state index in [1.165, 1.54) is 5.56 Å². The Kier molecular flexibility index (Phi) is 6.57. The van der Waals surface area contributed by atoms with Crippen LogP contribution in [0.2, 0.25) is 0 Å². The molecular formula is C24H27N3O3. The number of amides is 2. The molecule has 2 N–H and O–H groups in total. The number of esters is 1. The van der Waals surface area contributed by atoms with Crippen molar-refractivity contribution in [3.8, 4) is 5.69 Å². The number of aromatic nitrogens is 1. The summed E-state index contributed by atoms with van der Waals surface area (Å²) in [5.41, 5.74) is 6.24. The molecule has 0 saturated heterocycles. The van der Waals surface area contributed by atoms with Crippen LogP contribution in [0.1, 0.15) is 39.8 Å². The first-order valence-electron chi connectivity index (χ1n) is 9.96. The molecule has 6 nitrogen and oxygen atoms in total. The van der Waals surface area contributed by atoms with E-state index >= 15 is 0 Å². The van der Waals surface area contributed by atoms with Crippen LogP contribution in [0, 0.1) is 20.8 Å². The van der Waals surface area contributed by atoms with E-state index in [1.54, 1.807) is 31.2 Å². The molecule has 0 aliphatic carbocycles. The number of benzene rings is 2. The number of aryl methyl sites for hydroxylation is 2. The van der Waals surface area contributed by atoms with E-state index < -0.39 is 5.97 Å². The second kappa shape index (κ2) is 9.31. The average molecular weight is 405 g/mol. The number of para-hydroxylation sites is 1. The Hall–Kier alpha value is -3.54. The van der Waals surface area contributed by atoms with E-state index in [1.807, 2.05) is 13.0 Å². The van der Waals surface area contributed by atoms with Crippen LogP contribution in [0.3, 0.4) is 0 Å². The number of nitrogens with zero attached hydrogens (tertiary/aromatic N) is 1. The summed E-state index contributed by atoms with van der Waals surface area (Å²) in [4.78, 5) is 24.5. The third-order valence-electron chi connectivity index (χ3n) is 4.91. The fourth-order valence-corrected chi connectivity index (χ4v) is 3.49. The third-order valence-corrected chi connectivity index (χ3v) is 4.91. The van der Waals surface area contributed by atoms with Gasteiger partial charge in [-0.05, 0) is 69.2 Å². The lowest BCUT2D eigenvalue weighted by Gasteiger charge is -2.12. The first-order valence-corrected chi connectivity index (χ1v) is 9.96. The Bertz CT molecular complexity index is 1070. The molecule has 1 heterocycles. The highest BCUT2D eigenvalue weighted by Gasteiger charge is 2.15. The maximum absolute atomic E-state index is 12.5. The number of carbonyl (C=O) groups is 2. The van der Waals surface area contributed by atoms with Crippen molar-refractivity contribution in [1.82, 2.24) is 9.88 Å². The van der Waals surface area contributed by atoms with Crippen LogP contribution in [0.5, 0.6) is 0 Å². The van der Waals surface area contributed by atoms with E-state index in [0.29, 0.717) is 17.8 Å². The van der Waals surface area contributed by atoms with Crippen LogP contribution in [-0.2, 0) is 11.3 Å². The van der Waals surface area contributed by atoms with Gasteiger partial charge in [-0.3, -0.25) is 0 Å². The standard InChI is InChI=1S/C24H27N3O3/c1-5-30-23(28)21-11-6-7-12-22(21)26-24(29)25-15-19-14-17(3)27(18(19)4)20-10-8-9-16(2)13-20/h6-14H,5,15H2,1-4H3,(H2,25,26,29). The molecule has 156 valence electrons. The Morgan fingerprint density at radius 2 is 1.77 bits per heavy atom. The van der Waals surface area contributed by atoms with Crippen molar-refractivity contribution < 1.29 is 14.3 Å². The Labute approximate surface area is 176 Å². The molecule has 2 amide bonds. The minimum atomic E-state index is -0.463. The molecule has 0 aliphatic rings. The number of urea groups is 1. The van der Waals surface area contributed by atoms with E-state index in [2.05, 4.69) is 53.3 Å². The normalized spacial score (nSPS) is 10.5. The summed E-state index contributed by atoms with van der Waals surface area (Å²) in [6.07, 6.45) is 0. The quantitative estimate of drug-likeness (QED) is 0.573. The van der Waals surface area contributed by atoms with Crippen LogP contribution in [-0.4, -0.2) is 23.2 Å². The Balaban J connectivity index is 1.71. The molecule has 0 atom stereocenters. The highest BCUT2D eigenvalue weighted by Crippen LogP contribution is 2.22. The highest BCUT2D eigenvalue weighted by atomic mass is 16.5. The number of carbonyl (C=O) groups excluding carboxylic acids is 2. The second-order valence-electron chi connectivity index (χ2n) is 7.14. The molecule has 30 heavy (non-hydrogen) atoms. The lowest BCUT2D eigenvalue weighted by atomic mass is 10.2. The predicted molar refractivity (Wildman–Crippen MR) is 118 cm³/mol. The maximum atomic E-state index is 12.5. The molecule has 0 bridgehead atoms. The van der Waals surface area contributed by atoms with Crippen molar-refractivity contribution in [2.45, 2.75) is 34.2 Å². The molecule has 0 unspecified atom stereocenters. The zero-order chi connectivity index (χ0) is 21.7. The van der Waals surface area contributed by atoms with Crippen LogP contribution < -0.4 is 10.6 Å². The summed E-state index contributed by atoms with van der Waals surface area (Å²) in [5.74, 6) is -0.463. The number of rotatable bonds is 6. The number of nitrogens with one attached hydrogen (secondary N) is 2. The van der Waals surface area contributed by atoms with Gasteiger partial charge in [0.1, 0.15) is 0 Å². The van der Waals surface area contributed by atoms with Crippen molar-refractivity contribution in [2.75, 3.05) is 11.9 Å². The molecule has 0 radical (unpaired) electrons. The van der Waals surface area contributed by atoms with Gasteiger partial charge in [-0.2, -0.15) is 0 Å². The Morgan fingerprint density at radius 1 is 1.00 bits per heavy atom. The van der Waals surface area contributed by atoms with Gasteiger partial charge in [0.05, 0.1) is 17.9 Å². The number of anilines is 1. The molecule has 3 rings (SSSR count). The lowest BCUT2D eigenvalue weighted by Crippen LogP contribution is -2.29. The fourth-order valence-electron chi connectivity index (χ4n) is 3.49. The predicted octanol–water partition coefficient (Wildman–Crippen LogP) is 4.90. The smallest absolute Gasteiger partial charge is 0.340 e. The molecule has 3 aromatic rings. The molecular weight excluding hydrogens is 378 g/mol. The molecule has 0 aliphatic heterocycles. The van der Waals surface area contributed by atoms with Gasteiger partial charge in [0.15, 0.2) is 0 Å². The van der Waals surface area contributed by atoms with Gasteiger partial charge in [-0.25, -0.2) is 9.59 Å². The van der Waals surface area contributed by atoms with Gasteiger partial charge in [0.25, 0.3) is 0 Å². The maximum Gasteiger partial charge on any atom is 0.340 e. The number of hydrogen-bond donors (Lipinski definition) is 2. The summed E-state index contributed by atoms with van der Waals surface area (Å²) in [6.45, 7) is 8.55. The lowest BCUT2D eigenvalue weighted by molar-refractivity contribution is 0.0527. The van der Waals surface area contributed by atoms with Crippen LogP contribution >= 0.6 is 0 Å². The van der Waals surface area contributed by atoms with Crippen molar-refractivity contribution in [1.29, 1.82) is 0 Å². The van der Waals surface area contributed by atoms with Crippen LogP contribution in [0.15, 0.2) is 54.6 Å². The number of hydrogen-bond acceptors (Lipinski definition) is 3. The zero-order valence-corrected chi connectivity index (χ0v) is 17.8. The molecule has 0 spiro atoms. The SMILES string of the molecule is CCOC(=O)c1ccccc1NC(=O)NCc1cc(C)n(-c2cccc(C)c2)c1C. The summed E-state index contributed by atoms with van der Waals surface area (Å²) in [5, 5.41) is 5.62. The van der Waals surface area contributed by atoms with E-state index in [9.17, 15) is 9.59 Å². The van der Waals surface area contributed by atoms with Crippen LogP contribution in [0.4, 0.5) is 10.5 Å². The summed E-state index contributed by atoms with van der Waals surface area (Å²) in [6, 6.07) is 16.8. The third kappa shape index (κ3) is 4.71. The summed E-state index contributed by atoms with van der Waals surface area (Å²) < 4.78 is 7.23. The first kappa shape index (κ1) is 21.2. The van der Waals surface area contributed by atoms with E-state index in [-0.39, 0.29) is 12.6 Å². The molecule has 0 fully saturated rings.